The molecule has 0 aromatic heterocycles. The maximum absolute atomic E-state index is 10.1. The van der Waals surface area contributed by atoms with Crippen LogP contribution in [-0.2, 0) is 14.3 Å². The second-order valence-corrected chi connectivity index (χ2v) is 1.21. The Labute approximate surface area is 63.9 Å². The van der Waals surface area contributed by atoms with Crippen molar-refractivity contribution in [1.29, 1.82) is 0 Å². The molecule has 0 bridgehead atoms. The number of carbonyl (C=O) groups excluding carboxylic acids is 1. The van der Waals surface area contributed by atoms with E-state index in [0.29, 0.717) is 0 Å². The lowest BCUT2D eigenvalue weighted by atomic mass is 10.6. The molecular weight excluding hydrogens is 160 g/mol. The molecule has 0 atom stereocenters. The molecule has 10 heavy (non-hydrogen) atoms. The highest BCUT2D eigenvalue weighted by atomic mass is 35.5. The zero-order chi connectivity index (χ0) is 7.28. The predicted octanol–water partition coefficient (Wildman–Crippen LogP) is 0.222. The van der Waals surface area contributed by atoms with Crippen LogP contribution in [0.3, 0.4) is 0 Å². The lowest BCUT2D eigenvalue weighted by Gasteiger charge is -1.93. The van der Waals surface area contributed by atoms with Crippen LogP contribution in [0.4, 0.5) is 0 Å². The van der Waals surface area contributed by atoms with Gasteiger partial charge in [-0.1, -0.05) is 6.58 Å². The van der Waals surface area contributed by atoms with E-state index in [1.807, 2.05) is 0 Å². The van der Waals surface area contributed by atoms with Gasteiger partial charge in [-0.3, -0.25) is 0 Å². The van der Waals surface area contributed by atoms with E-state index in [4.69, 9.17) is 5.11 Å². The summed E-state index contributed by atoms with van der Waals surface area (Å²) in [5.74, 6) is -1.90. The number of carbonyl (C=O) groups is 2. The van der Waals surface area contributed by atoms with E-state index in [-0.39, 0.29) is 12.4 Å². The molecule has 1 N–H and O–H groups in total. The van der Waals surface area contributed by atoms with Crippen molar-refractivity contribution in [3.05, 3.63) is 12.7 Å². The van der Waals surface area contributed by atoms with Gasteiger partial charge in [0.15, 0.2) is 6.61 Å². The number of esters is 1. The fourth-order valence-corrected chi connectivity index (χ4v) is 0.192. The Morgan fingerprint density at radius 2 is 2.10 bits per heavy atom. The van der Waals surface area contributed by atoms with Crippen molar-refractivity contribution in [1.82, 2.24) is 0 Å². The lowest BCUT2D eigenvalue weighted by molar-refractivity contribution is -0.151. The van der Waals surface area contributed by atoms with Crippen LogP contribution in [0.1, 0.15) is 0 Å². The first kappa shape index (κ1) is 11.7. The number of aliphatic carboxylic acids is 1. The highest BCUT2D eigenvalue weighted by Crippen LogP contribution is 1.77. The molecule has 0 saturated heterocycles. The standard InChI is InChI=1S/C5H6O4.ClH/c1-2-5(8)9-3-4(6)7;/h2H,1,3H2,(H,6,7);1H. The van der Waals surface area contributed by atoms with Crippen molar-refractivity contribution in [3.8, 4) is 0 Å². The van der Waals surface area contributed by atoms with Crippen molar-refractivity contribution in [2.24, 2.45) is 0 Å². The molecule has 4 nitrogen and oxygen atoms in total. The first-order valence-electron chi connectivity index (χ1n) is 2.18. The van der Waals surface area contributed by atoms with Crippen LogP contribution in [0.25, 0.3) is 0 Å². The summed E-state index contributed by atoms with van der Waals surface area (Å²) in [5.41, 5.74) is 0. The summed E-state index contributed by atoms with van der Waals surface area (Å²) < 4.78 is 4.10. The quantitative estimate of drug-likeness (QED) is 0.481. The van der Waals surface area contributed by atoms with Crippen molar-refractivity contribution in [2.75, 3.05) is 6.61 Å². The maximum atomic E-state index is 10.1. The molecule has 58 valence electrons. The molecule has 0 amide bonds. The van der Waals surface area contributed by atoms with Gasteiger partial charge in [0, 0.05) is 6.08 Å². The Morgan fingerprint density at radius 3 is 2.40 bits per heavy atom. The summed E-state index contributed by atoms with van der Waals surface area (Å²) in [6.45, 7) is 2.46. The van der Waals surface area contributed by atoms with E-state index in [2.05, 4.69) is 11.3 Å². The van der Waals surface area contributed by atoms with E-state index in [1.165, 1.54) is 0 Å². The second-order valence-electron chi connectivity index (χ2n) is 1.21. The second kappa shape index (κ2) is 6.10. The molecule has 0 saturated carbocycles. The Hall–Kier alpha value is -1.03. The van der Waals surface area contributed by atoms with Crippen LogP contribution in [0.5, 0.6) is 0 Å². The molecule has 0 heterocycles. The molecule has 0 aliphatic carbocycles. The van der Waals surface area contributed by atoms with Gasteiger partial charge in [0.25, 0.3) is 0 Å². The predicted molar refractivity (Wildman–Crippen MR) is 36.0 cm³/mol. The third kappa shape index (κ3) is 6.97. The first-order chi connectivity index (χ1) is 4.16. The van der Waals surface area contributed by atoms with Crippen LogP contribution < -0.4 is 0 Å². The number of carboxylic acids is 1. The molecule has 0 aliphatic rings. The van der Waals surface area contributed by atoms with Gasteiger partial charge in [0.05, 0.1) is 0 Å². The third-order valence-corrected chi connectivity index (χ3v) is 0.505. The topological polar surface area (TPSA) is 63.6 Å². The Bertz CT molecular complexity index is 143. The molecule has 0 aliphatic heterocycles. The molecule has 0 fully saturated rings. The number of rotatable bonds is 3. The highest BCUT2D eigenvalue weighted by Gasteiger charge is 1.98. The van der Waals surface area contributed by atoms with Crippen LogP contribution >= 0.6 is 12.4 Å². The van der Waals surface area contributed by atoms with E-state index in [1.54, 1.807) is 0 Å². The molecule has 0 unspecified atom stereocenters. The molecule has 0 aromatic carbocycles. The molecule has 0 aromatic rings. The van der Waals surface area contributed by atoms with E-state index < -0.39 is 18.5 Å². The third-order valence-electron chi connectivity index (χ3n) is 0.505. The van der Waals surface area contributed by atoms with Crippen LogP contribution in [0.2, 0.25) is 0 Å². The molecule has 5 heteroatoms. The molecule has 0 spiro atoms. The summed E-state index contributed by atoms with van der Waals surface area (Å²) in [5, 5.41) is 7.95. The first-order valence-corrected chi connectivity index (χ1v) is 2.18. The Kier molecular flexibility index (Phi) is 7.15. The zero-order valence-electron chi connectivity index (χ0n) is 5.07. The number of hydrogen-bond acceptors (Lipinski definition) is 3. The highest BCUT2D eigenvalue weighted by molar-refractivity contribution is 5.85. The van der Waals surface area contributed by atoms with Crippen molar-refractivity contribution < 1.29 is 19.4 Å². The van der Waals surface area contributed by atoms with Gasteiger partial charge in [-0.05, 0) is 0 Å². The van der Waals surface area contributed by atoms with Gasteiger partial charge >= 0.3 is 11.9 Å². The van der Waals surface area contributed by atoms with Crippen molar-refractivity contribution in [2.45, 2.75) is 0 Å². The lowest BCUT2D eigenvalue weighted by Crippen LogP contribution is -2.10. The largest absolute Gasteiger partial charge is 0.479 e. The Balaban J connectivity index is 0. The monoisotopic (exact) mass is 166 g/mol. The zero-order valence-corrected chi connectivity index (χ0v) is 5.89. The van der Waals surface area contributed by atoms with Crippen molar-refractivity contribution >= 4 is 24.3 Å². The summed E-state index contributed by atoms with van der Waals surface area (Å²) >= 11 is 0. The van der Waals surface area contributed by atoms with Gasteiger partial charge in [-0.25, -0.2) is 9.59 Å². The number of halogens is 1. The Morgan fingerprint density at radius 1 is 1.60 bits per heavy atom. The molecule has 0 radical (unpaired) electrons. The van der Waals surface area contributed by atoms with Crippen molar-refractivity contribution in [3.63, 3.8) is 0 Å². The minimum absolute atomic E-state index is 0. The summed E-state index contributed by atoms with van der Waals surface area (Å²) in [6, 6.07) is 0. The minimum atomic E-state index is -1.18. The number of carboxylic acid groups (broad SMARTS) is 1. The van der Waals surface area contributed by atoms with Gasteiger partial charge in [0.1, 0.15) is 0 Å². The molecule has 0 rings (SSSR count). The van der Waals surface area contributed by atoms with Crippen LogP contribution in [0.15, 0.2) is 12.7 Å². The number of ether oxygens (including phenoxy) is 1. The minimum Gasteiger partial charge on any atom is -0.479 e. The molecular formula is C5H7ClO4. The van der Waals surface area contributed by atoms with E-state index in [0.717, 1.165) is 6.08 Å². The van der Waals surface area contributed by atoms with Gasteiger partial charge in [-0.15, -0.1) is 12.4 Å². The average Bonchev–Trinajstić information content (AvgIpc) is 1.83. The van der Waals surface area contributed by atoms with Gasteiger partial charge in [-0.2, -0.15) is 0 Å². The van der Waals surface area contributed by atoms with Gasteiger partial charge < -0.3 is 9.84 Å². The maximum Gasteiger partial charge on any atom is 0.341 e. The van der Waals surface area contributed by atoms with E-state index >= 15 is 0 Å². The number of hydrogen-bond donors (Lipinski definition) is 1. The fraction of sp³-hybridized carbons (Fsp3) is 0.200. The summed E-state index contributed by atoms with van der Waals surface area (Å²) in [6.07, 6.45) is 0.906. The normalized spacial score (nSPS) is 7.20. The SMILES string of the molecule is C=CC(=O)OCC(=O)O.Cl. The van der Waals surface area contributed by atoms with E-state index in [9.17, 15) is 9.59 Å². The van der Waals surface area contributed by atoms with Crippen LogP contribution in [-0.4, -0.2) is 23.7 Å². The van der Waals surface area contributed by atoms with Gasteiger partial charge in [0.2, 0.25) is 0 Å². The fourth-order valence-electron chi connectivity index (χ4n) is 0.192. The average molecular weight is 167 g/mol. The summed E-state index contributed by atoms with van der Waals surface area (Å²) in [4.78, 5) is 19.8. The summed E-state index contributed by atoms with van der Waals surface area (Å²) in [7, 11) is 0. The van der Waals surface area contributed by atoms with Crippen LogP contribution in [0, 0.1) is 0 Å². The smallest absolute Gasteiger partial charge is 0.341 e.